The summed E-state index contributed by atoms with van der Waals surface area (Å²) in [7, 11) is 0. The number of hydrogen-bond acceptors (Lipinski definition) is 3. The average molecular weight is 310 g/mol. The molecule has 0 spiro atoms. The van der Waals surface area contributed by atoms with E-state index in [2.05, 4.69) is 4.98 Å². The van der Waals surface area contributed by atoms with Gasteiger partial charge in [0, 0.05) is 30.3 Å². The first-order valence-corrected chi connectivity index (χ1v) is 7.13. The molecule has 118 valence electrons. The second-order valence-corrected chi connectivity index (χ2v) is 5.46. The van der Waals surface area contributed by atoms with Crippen molar-refractivity contribution in [3.8, 4) is 0 Å². The Morgan fingerprint density at radius 1 is 1.27 bits per heavy atom. The van der Waals surface area contributed by atoms with Crippen molar-refractivity contribution in [1.29, 1.82) is 0 Å². The third kappa shape index (κ3) is 3.03. The van der Waals surface area contributed by atoms with Crippen LogP contribution in [0.25, 0.3) is 0 Å². The smallest absolute Gasteiger partial charge is 0.398 e. The first-order chi connectivity index (χ1) is 10.4. The van der Waals surface area contributed by atoms with Crippen LogP contribution in [0.15, 0.2) is 30.6 Å². The number of nitrogens with zero attached hydrogens (tertiary/aromatic N) is 3. The van der Waals surface area contributed by atoms with Gasteiger partial charge in [-0.25, -0.2) is 4.98 Å². The summed E-state index contributed by atoms with van der Waals surface area (Å²) in [6.07, 6.45) is 0.356. The zero-order valence-corrected chi connectivity index (χ0v) is 12.0. The lowest BCUT2D eigenvalue weighted by atomic mass is 10.00. The van der Waals surface area contributed by atoms with Gasteiger partial charge in [-0.15, -0.1) is 0 Å². The molecule has 0 saturated heterocycles. The summed E-state index contributed by atoms with van der Waals surface area (Å²) < 4.78 is 38.9. The third-order valence-electron chi connectivity index (χ3n) is 3.87. The molecule has 22 heavy (non-hydrogen) atoms. The summed E-state index contributed by atoms with van der Waals surface area (Å²) in [6, 6.07) is 5.68. The van der Waals surface area contributed by atoms with Crippen LogP contribution in [-0.4, -0.2) is 22.3 Å². The van der Waals surface area contributed by atoms with Gasteiger partial charge < -0.3 is 15.2 Å². The second-order valence-electron chi connectivity index (χ2n) is 5.46. The summed E-state index contributed by atoms with van der Waals surface area (Å²) in [5.74, 6) is 0.410. The van der Waals surface area contributed by atoms with E-state index in [0.717, 1.165) is 40.9 Å². The normalized spacial score (nSPS) is 15.0. The molecular formula is C15H17F3N4. The number of hydrogen-bond donors (Lipinski definition) is 1. The summed E-state index contributed by atoms with van der Waals surface area (Å²) in [6.45, 7) is 0.120. The average Bonchev–Trinajstić information content (AvgIpc) is 2.85. The first-order valence-electron chi connectivity index (χ1n) is 7.13. The van der Waals surface area contributed by atoms with E-state index in [1.807, 2.05) is 23.1 Å². The second kappa shape index (κ2) is 5.55. The molecule has 1 aromatic heterocycles. The maximum absolute atomic E-state index is 12.6. The van der Waals surface area contributed by atoms with E-state index >= 15 is 0 Å². The number of rotatable bonds is 3. The zero-order chi connectivity index (χ0) is 15.7. The molecule has 2 heterocycles. The van der Waals surface area contributed by atoms with Gasteiger partial charge in [0.15, 0.2) is 0 Å². The number of nitrogen functional groups attached to an aromatic ring is 1. The predicted molar refractivity (Wildman–Crippen MR) is 78.5 cm³/mol. The number of anilines is 2. The van der Waals surface area contributed by atoms with Crippen molar-refractivity contribution in [3.63, 3.8) is 0 Å². The molecule has 0 unspecified atom stereocenters. The molecule has 1 aromatic carbocycles. The van der Waals surface area contributed by atoms with Crippen molar-refractivity contribution in [3.05, 3.63) is 42.0 Å². The molecule has 0 bridgehead atoms. The molecule has 1 aliphatic rings. The minimum atomic E-state index is -4.25. The minimum Gasteiger partial charge on any atom is -0.398 e. The summed E-state index contributed by atoms with van der Waals surface area (Å²) in [5.41, 5.74) is 8.80. The van der Waals surface area contributed by atoms with Crippen molar-refractivity contribution in [1.82, 2.24) is 9.55 Å². The highest BCUT2D eigenvalue weighted by Crippen LogP contribution is 2.32. The molecule has 2 aromatic rings. The van der Waals surface area contributed by atoms with Crippen LogP contribution in [0.3, 0.4) is 0 Å². The van der Waals surface area contributed by atoms with E-state index in [1.54, 1.807) is 0 Å². The Kier molecular flexibility index (Phi) is 3.72. The fraction of sp³-hybridized carbons (Fsp3) is 0.400. The first kappa shape index (κ1) is 14.7. The van der Waals surface area contributed by atoms with Crippen LogP contribution in [0.5, 0.6) is 0 Å². The lowest BCUT2D eigenvalue weighted by Gasteiger charge is -2.32. The summed E-state index contributed by atoms with van der Waals surface area (Å²) in [4.78, 5) is 6.13. The van der Waals surface area contributed by atoms with E-state index in [0.29, 0.717) is 12.4 Å². The Morgan fingerprint density at radius 3 is 2.86 bits per heavy atom. The lowest BCUT2D eigenvalue weighted by molar-refractivity contribution is -0.141. The van der Waals surface area contributed by atoms with Crippen LogP contribution in [-0.2, 0) is 19.5 Å². The number of aromatic nitrogens is 2. The van der Waals surface area contributed by atoms with E-state index in [-0.39, 0.29) is 0 Å². The molecule has 0 aliphatic carbocycles. The molecule has 0 atom stereocenters. The van der Waals surface area contributed by atoms with Gasteiger partial charge in [-0.05, 0) is 30.5 Å². The van der Waals surface area contributed by atoms with Gasteiger partial charge in [0.2, 0.25) is 0 Å². The molecular weight excluding hydrogens is 293 g/mol. The van der Waals surface area contributed by atoms with Crippen LogP contribution in [0.1, 0.15) is 17.8 Å². The summed E-state index contributed by atoms with van der Waals surface area (Å²) in [5, 5.41) is 0. The standard InChI is InChI=1S/C15H17F3N4/c16-15(17,18)10-22-8-6-20-14(22)9-21-7-2-3-11-12(19)4-1-5-13(11)21/h1,4-6,8H,2-3,7,9-10,19H2. The van der Waals surface area contributed by atoms with Gasteiger partial charge in [-0.2, -0.15) is 13.2 Å². The van der Waals surface area contributed by atoms with Gasteiger partial charge in [-0.3, -0.25) is 0 Å². The number of nitrogens with two attached hydrogens (primary N) is 1. The van der Waals surface area contributed by atoms with Gasteiger partial charge in [-0.1, -0.05) is 6.07 Å². The highest BCUT2D eigenvalue weighted by Gasteiger charge is 2.29. The van der Waals surface area contributed by atoms with Gasteiger partial charge >= 0.3 is 6.18 Å². The molecule has 3 rings (SSSR count). The molecule has 1 aliphatic heterocycles. The van der Waals surface area contributed by atoms with E-state index in [4.69, 9.17) is 5.73 Å². The van der Waals surface area contributed by atoms with Crippen molar-refractivity contribution in [2.24, 2.45) is 0 Å². The Balaban J connectivity index is 1.84. The van der Waals surface area contributed by atoms with Crippen LogP contribution in [0, 0.1) is 0 Å². The van der Waals surface area contributed by atoms with Crippen molar-refractivity contribution in [2.75, 3.05) is 17.2 Å². The fourth-order valence-corrected chi connectivity index (χ4v) is 2.89. The number of halogens is 3. The molecule has 4 nitrogen and oxygen atoms in total. The number of alkyl halides is 3. The monoisotopic (exact) mass is 310 g/mol. The van der Waals surface area contributed by atoms with Crippen LogP contribution in [0.2, 0.25) is 0 Å². The quantitative estimate of drug-likeness (QED) is 0.887. The minimum absolute atomic E-state index is 0.347. The molecule has 0 amide bonds. The maximum Gasteiger partial charge on any atom is 0.406 e. The van der Waals surface area contributed by atoms with Gasteiger partial charge in [0.1, 0.15) is 12.4 Å². The highest BCUT2D eigenvalue weighted by atomic mass is 19.4. The van der Waals surface area contributed by atoms with Crippen molar-refractivity contribution in [2.45, 2.75) is 32.1 Å². The lowest BCUT2D eigenvalue weighted by Crippen LogP contribution is -2.31. The third-order valence-corrected chi connectivity index (χ3v) is 3.87. The molecule has 7 heteroatoms. The van der Waals surface area contributed by atoms with Crippen LogP contribution >= 0.6 is 0 Å². The Labute approximate surface area is 126 Å². The highest BCUT2D eigenvalue weighted by molar-refractivity contribution is 5.66. The van der Waals surface area contributed by atoms with Crippen LogP contribution < -0.4 is 10.6 Å². The Morgan fingerprint density at radius 2 is 2.09 bits per heavy atom. The predicted octanol–water partition coefficient (Wildman–Crippen LogP) is 2.98. The van der Waals surface area contributed by atoms with Gasteiger partial charge in [0.05, 0.1) is 6.54 Å². The van der Waals surface area contributed by atoms with Crippen LogP contribution in [0.4, 0.5) is 24.5 Å². The molecule has 0 radical (unpaired) electrons. The number of benzene rings is 1. The zero-order valence-electron chi connectivity index (χ0n) is 12.0. The molecule has 2 N–H and O–H groups in total. The number of fused-ring (bicyclic) bond motifs is 1. The molecule has 0 fully saturated rings. The SMILES string of the molecule is Nc1cccc2c1CCCN2Cc1nccn1CC(F)(F)F. The maximum atomic E-state index is 12.6. The Bertz CT molecular complexity index is 663. The number of imidazole rings is 1. The van der Waals surface area contributed by atoms with Crippen molar-refractivity contribution < 1.29 is 13.2 Å². The molecule has 0 saturated carbocycles. The summed E-state index contributed by atoms with van der Waals surface area (Å²) >= 11 is 0. The van der Waals surface area contributed by atoms with E-state index in [1.165, 1.54) is 12.4 Å². The largest absolute Gasteiger partial charge is 0.406 e. The van der Waals surface area contributed by atoms with E-state index < -0.39 is 12.7 Å². The van der Waals surface area contributed by atoms with E-state index in [9.17, 15) is 13.2 Å². The topological polar surface area (TPSA) is 47.1 Å². The fourth-order valence-electron chi connectivity index (χ4n) is 2.89. The van der Waals surface area contributed by atoms with Crippen molar-refractivity contribution >= 4 is 11.4 Å². The van der Waals surface area contributed by atoms with Gasteiger partial charge in [0.25, 0.3) is 0 Å². The Hall–Kier alpha value is -2.18.